The van der Waals surface area contributed by atoms with E-state index < -0.39 is 21.7 Å². The molecule has 0 aliphatic rings. The van der Waals surface area contributed by atoms with Gasteiger partial charge in [-0.3, -0.25) is 9.10 Å². The quantitative estimate of drug-likeness (QED) is 0.438. The molecule has 0 saturated carbocycles. The topological polar surface area (TPSA) is 66.5 Å². The van der Waals surface area contributed by atoms with E-state index in [-0.39, 0.29) is 16.4 Å². The standard InChI is InChI=1S/C22H23FN2O3S3/c1-17-5-2-3-6-18(17)16-29-14-12-24-21(26)15-25(20-10-8-19(23)9-11-20)31(27,28)22-7-4-13-30-22/h2-11,13H,12,14-16H2,1H3,(H,24,26). The van der Waals surface area contributed by atoms with Crippen molar-refractivity contribution in [2.45, 2.75) is 16.9 Å². The fraction of sp³-hybridized carbons (Fsp3) is 0.227. The lowest BCUT2D eigenvalue weighted by molar-refractivity contribution is -0.119. The summed E-state index contributed by atoms with van der Waals surface area (Å²) < 4.78 is 40.5. The largest absolute Gasteiger partial charge is 0.354 e. The van der Waals surface area contributed by atoms with Crippen molar-refractivity contribution < 1.29 is 17.6 Å². The Morgan fingerprint density at radius 3 is 2.52 bits per heavy atom. The summed E-state index contributed by atoms with van der Waals surface area (Å²) in [5, 5.41) is 4.43. The predicted octanol–water partition coefficient (Wildman–Crippen LogP) is 4.44. The van der Waals surface area contributed by atoms with E-state index in [0.29, 0.717) is 12.3 Å². The maximum Gasteiger partial charge on any atom is 0.274 e. The van der Waals surface area contributed by atoms with E-state index in [0.717, 1.165) is 21.4 Å². The first kappa shape index (κ1) is 23.3. The second kappa shape index (κ2) is 10.8. The third kappa shape index (κ3) is 6.32. The van der Waals surface area contributed by atoms with Crippen LogP contribution in [0, 0.1) is 12.7 Å². The number of aryl methyl sites for hydroxylation is 1. The minimum Gasteiger partial charge on any atom is -0.354 e. The third-order valence-corrected chi connectivity index (χ3v) is 8.68. The molecule has 31 heavy (non-hydrogen) atoms. The summed E-state index contributed by atoms with van der Waals surface area (Å²) in [6, 6.07) is 16.3. The van der Waals surface area contributed by atoms with Crippen LogP contribution in [-0.4, -0.2) is 33.2 Å². The molecular formula is C22H23FN2O3S3. The molecule has 2 aromatic carbocycles. The Balaban J connectivity index is 1.59. The van der Waals surface area contributed by atoms with Gasteiger partial charge in [-0.1, -0.05) is 30.3 Å². The second-order valence-electron chi connectivity index (χ2n) is 6.75. The fourth-order valence-corrected chi connectivity index (χ4v) is 6.30. The Kier molecular flexibility index (Phi) is 8.11. The third-order valence-electron chi connectivity index (χ3n) is 4.53. The van der Waals surface area contributed by atoms with Crippen molar-refractivity contribution in [1.29, 1.82) is 0 Å². The van der Waals surface area contributed by atoms with E-state index in [1.54, 1.807) is 23.2 Å². The smallest absolute Gasteiger partial charge is 0.274 e. The minimum absolute atomic E-state index is 0.124. The molecule has 0 saturated heterocycles. The van der Waals surface area contributed by atoms with Crippen LogP contribution in [0.5, 0.6) is 0 Å². The van der Waals surface area contributed by atoms with Crippen molar-refractivity contribution in [3.05, 3.63) is 83.0 Å². The van der Waals surface area contributed by atoms with Crippen molar-refractivity contribution in [2.75, 3.05) is 23.1 Å². The zero-order valence-electron chi connectivity index (χ0n) is 17.0. The summed E-state index contributed by atoms with van der Waals surface area (Å²) >= 11 is 2.76. The lowest BCUT2D eigenvalue weighted by atomic mass is 10.1. The van der Waals surface area contributed by atoms with Crippen LogP contribution in [0.3, 0.4) is 0 Å². The van der Waals surface area contributed by atoms with Gasteiger partial charge < -0.3 is 5.32 Å². The highest BCUT2D eigenvalue weighted by atomic mass is 32.2. The van der Waals surface area contributed by atoms with Crippen LogP contribution < -0.4 is 9.62 Å². The number of anilines is 1. The van der Waals surface area contributed by atoms with Crippen molar-refractivity contribution in [3.63, 3.8) is 0 Å². The molecule has 0 aliphatic carbocycles. The van der Waals surface area contributed by atoms with Crippen molar-refractivity contribution in [3.8, 4) is 0 Å². The number of nitrogens with zero attached hydrogens (tertiary/aromatic N) is 1. The maximum atomic E-state index is 13.3. The van der Waals surface area contributed by atoms with E-state index in [1.165, 1.54) is 41.5 Å². The zero-order valence-corrected chi connectivity index (χ0v) is 19.4. The Hall–Kier alpha value is -2.36. The molecule has 9 heteroatoms. The molecule has 1 heterocycles. The first-order valence-corrected chi connectivity index (χ1v) is 13.1. The molecule has 3 rings (SSSR count). The molecule has 0 aliphatic heterocycles. The zero-order chi connectivity index (χ0) is 22.3. The van der Waals surface area contributed by atoms with Crippen LogP contribution in [0.15, 0.2) is 70.3 Å². The minimum atomic E-state index is -3.93. The summed E-state index contributed by atoms with van der Waals surface area (Å²) in [5.74, 6) is 0.652. The van der Waals surface area contributed by atoms with Gasteiger partial charge in [-0.05, 0) is 53.8 Å². The Bertz CT molecular complexity index is 1100. The van der Waals surface area contributed by atoms with Gasteiger partial charge in [-0.15, -0.1) is 11.3 Å². The van der Waals surface area contributed by atoms with Gasteiger partial charge in [0.1, 0.15) is 16.6 Å². The van der Waals surface area contributed by atoms with Gasteiger partial charge in [0, 0.05) is 18.1 Å². The van der Waals surface area contributed by atoms with E-state index in [2.05, 4.69) is 24.4 Å². The monoisotopic (exact) mass is 478 g/mol. The van der Waals surface area contributed by atoms with E-state index >= 15 is 0 Å². The summed E-state index contributed by atoms with van der Waals surface area (Å²) in [6.45, 7) is 2.11. The van der Waals surface area contributed by atoms with Crippen LogP contribution in [-0.2, 0) is 20.6 Å². The average Bonchev–Trinajstić information content (AvgIpc) is 3.30. The number of amides is 1. The summed E-state index contributed by atoms with van der Waals surface area (Å²) in [4.78, 5) is 12.5. The fourth-order valence-electron chi connectivity index (χ4n) is 2.84. The number of thioether (sulfide) groups is 1. The number of hydrogen-bond acceptors (Lipinski definition) is 5. The molecule has 0 atom stereocenters. The first-order chi connectivity index (χ1) is 14.9. The molecular weight excluding hydrogens is 455 g/mol. The molecule has 0 fully saturated rings. The first-order valence-electron chi connectivity index (χ1n) is 9.58. The SMILES string of the molecule is Cc1ccccc1CSCCNC(=O)CN(c1ccc(F)cc1)S(=O)(=O)c1cccs1. The number of halogens is 1. The predicted molar refractivity (Wildman–Crippen MR) is 126 cm³/mol. The number of nitrogens with one attached hydrogen (secondary N) is 1. The van der Waals surface area contributed by atoms with Crippen molar-refractivity contribution in [2.24, 2.45) is 0 Å². The summed E-state index contributed by atoms with van der Waals surface area (Å²) in [6.07, 6.45) is 0. The number of carbonyl (C=O) groups is 1. The summed E-state index contributed by atoms with van der Waals surface area (Å²) in [5.41, 5.74) is 2.72. The summed E-state index contributed by atoms with van der Waals surface area (Å²) in [7, 11) is -3.93. The van der Waals surface area contributed by atoms with E-state index in [1.807, 2.05) is 12.1 Å². The van der Waals surface area contributed by atoms with Crippen LogP contribution in [0.25, 0.3) is 0 Å². The number of sulfonamides is 1. The van der Waals surface area contributed by atoms with Gasteiger partial charge in [0.15, 0.2) is 0 Å². The number of hydrogen-bond donors (Lipinski definition) is 1. The second-order valence-corrected chi connectivity index (χ2v) is 10.9. The van der Waals surface area contributed by atoms with Crippen LogP contribution in [0.4, 0.5) is 10.1 Å². The van der Waals surface area contributed by atoms with Gasteiger partial charge in [0.25, 0.3) is 10.0 Å². The molecule has 1 N–H and O–H groups in total. The molecule has 0 unspecified atom stereocenters. The van der Waals surface area contributed by atoms with Gasteiger partial charge in [0.2, 0.25) is 5.91 Å². The molecule has 3 aromatic rings. The molecule has 164 valence electrons. The van der Waals surface area contributed by atoms with Gasteiger partial charge in [-0.25, -0.2) is 12.8 Å². The number of rotatable bonds is 10. The average molecular weight is 479 g/mol. The van der Waals surface area contributed by atoms with E-state index in [4.69, 9.17) is 0 Å². The lowest BCUT2D eigenvalue weighted by Gasteiger charge is -2.23. The number of benzene rings is 2. The molecule has 0 spiro atoms. The highest BCUT2D eigenvalue weighted by molar-refractivity contribution is 7.98. The maximum absolute atomic E-state index is 13.3. The van der Waals surface area contributed by atoms with Crippen LogP contribution in [0.1, 0.15) is 11.1 Å². The molecule has 0 radical (unpaired) electrons. The van der Waals surface area contributed by atoms with Gasteiger partial charge >= 0.3 is 0 Å². The lowest BCUT2D eigenvalue weighted by Crippen LogP contribution is -2.41. The number of carbonyl (C=O) groups excluding carboxylic acids is 1. The van der Waals surface area contributed by atoms with Crippen LogP contribution >= 0.6 is 23.1 Å². The van der Waals surface area contributed by atoms with Crippen molar-refractivity contribution >= 4 is 44.7 Å². The molecule has 1 amide bonds. The van der Waals surface area contributed by atoms with Crippen molar-refractivity contribution in [1.82, 2.24) is 5.32 Å². The molecule has 1 aromatic heterocycles. The molecule has 0 bridgehead atoms. The Morgan fingerprint density at radius 1 is 1.10 bits per heavy atom. The van der Waals surface area contributed by atoms with Gasteiger partial charge in [-0.2, -0.15) is 11.8 Å². The highest BCUT2D eigenvalue weighted by Crippen LogP contribution is 2.26. The highest BCUT2D eigenvalue weighted by Gasteiger charge is 2.28. The Labute approximate surface area is 190 Å². The normalized spacial score (nSPS) is 11.3. The van der Waals surface area contributed by atoms with Gasteiger partial charge in [0.05, 0.1) is 5.69 Å². The number of thiophene rings is 1. The van der Waals surface area contributed by atoms with Crippen LogP contribution in [0.2, 0.25) is 0 Å². The van der Waals surface area contributed by atoms with E-state index in [9.17, 15) is 17.6 Å². The molecule has 5 nitrogen and oxygen atoms in total. The Morgan fingerprint density at radius 2 is 1.84 bits per heavy atom.